The van der Waals surface area contributed by atoms with Crippen molar-refractivity contribution in [2.45, 2.75) is 18.7 Å². The van der Waals surface area contributed by atoms with E-state index in [1.807, 2.05) is 12.1 Å². The molecule has 1 amide bonds. The number of hydrogen-bond acceptors (Lipinski definition) is 8. The Hall–Kier alpha value is -2.76. The zero-order valence-electron chi connectivity index (χ0n) is 19.4. The van der Waals surface area contributed by atoms with Gasteiger partial charge >= 0.3 is 0 Å². The Bertz CT molecular complexity index is 1090. The molecule has 3 heterocycles. The summed E-state index contributed by atoms with van der Waals surface area (Å²) < 4.78 is 27.9. The molecule has 2 aliphatic rings. The summed E-state index contributed by atoms with van der Waals surface area (Å²) in [7, 11) is -1.50. The van der Waals surface area contributed by atoms with Crippen molar-refractivity contribution in [2.75, 3.05) is 74.5 Å². The molecule has 0 radical (unpaired) electrons. The van der Waals surface area contributed by atoms with E-state index in [4.69, 9.17) is 0 Å². The van der Waals surface area contributed by atoms with E-state index in [-0.39, 0.29) is 10.8 Å². The second-order valence-electron chi connectivity index (χ2n) is 8.59. The zero-order valence-corrected chi connectivity index (χ0v) is 20.2. The monoisotopic (exact) mass is 473 g/mol. The molecule has 0 unspecified atom stereocenters. The molecule has 11 heteroatoms. The number of carbonyl (C=O) groups is 1. The van der Waals surface area contributed by atoms with Crippen LogP contribution in [0.1, 0.15) is 12.5 Å². The lowest BCUT2D eigenvalue weighted by molar-refractivity contribution is -0.114. The Kier molecular flexibility index (Phi) is 6.82. The van der Waals surface area contributed by atoms with Crippen molar-refractivity contribution in [1.82, 2.24) is 19.4 Å². The second-order valence-corrected chi connectivity index (χ2v) is 10.5. The molecule has 1 aromatic carbocycles. The minimum Gasteiger partial charge on any atom is -0.353 e. The van der Waals surface area contributed by atoms with Crippen molar-refractivity contribution in [3.8, 4) is 0 Å². The standard InChI is InChI=1S/C22H31N7O3S/c1-17-16-19(23-18(2)30)4-5-20(17)33(31,32)29-14-12-28(13-15-29)22-7-6-21(24-25-22)27-10-8-26(3)9-11-27/h4-7,16H,8-15H2,1-3H3,(H,23,30). The van der Waals surface area contributed by atoms with Crippen LogP contribution in [0.2, 0.25) is 0 Å². The fourth-order valence-electron chi connectivity index (χ4n) is 4.21. The van der Waals surface area contributed by atoms with Crippen molar-refractivity contribution in [3.05, 3.63) is 35.9 Å². The molecule has 0 spiro atoms. The lowest BCUT2D eigenvalue weighted by atomic mass is 10.2. The first-order valence-electron chi connectivity index (χ1n) is 11.1. The van der Waals surface area contributed by atoms with Crippen LogP contribution in [0.5, 0.6) is 0 Å². The lowest BCUT2D eigenvalue weighted by Crippen LogP contribution is -2.49. The summed E-state index contributed by atoms with van der Waals surface area (Å²) in [6.45, 7) is 8.89. The zero-order chi connectivity index (χ0) is 23.6. The fourth-order valence-corrected chi connectivity index (χ4v) is 5.84. The van der Waals surface area contributed by atoms with Gasteiger partial charge in [0.05, 0.1) is 4.90 Å². The molecule has 1 aromatic heterocycles. The van der Waals surface area contributed by atoms with Crippen molar-refractivity contribution < 1.29 is 13.2 Å². The van der Waals surface area contributed by atoms with Gasteiger partial charge in [0.25, 0.3) is 0 Å². The van der Waals surface area contributed by atoms with Gasteiger partial charge < -0.3 is 20.0 Å². The van der Waals surface area contributed by atoms with Crippen molar-refractivity contribution in [3.63, 3.8) is 0 Å². The molecule has 2 aromatic rings. The minimum absolute atomic E-state index is 0.194. The number of benzene rings is 1. The summed E-state index contributed by atoms with van der Waals surface area (Å²) in [5.74, 6) is 1.45. The number of nitrogens with one attached hydrogen (secondary N) is 1. The Morgan fingerprint density at radius 1 is 0.879 bits per heavy atom. The van der Waals surface area contributed by atoms with E-state index < -0.39 is 10.0 Å². The Morgan fingerprint density at radius 3 is 1.91 bits per heavy atom. The van der Waals surface area contributed by atoms with Crippen LogP contribution in [-0.4, -0.2) is 93.1 Å². The van der Waals surface area contributed by atoms with Crippen LogP contribution in [0, 0.1) is 6.92 Å². The number of nitrogens with zero attached hydrogens (tertiary/aromatic N) is 6. The third kappa shape index (κ3) is 5.26. The van der Waals surface area contributed by atoms with Crippen LogP contribution < -0.4 is 15.1 Å². The quantitative estimate of drug-likeness (QED) is 0.687. The molecule has 0 saturated carbocycles. The number of piperazine rings is 2. The normalized spacial score (nSPS) is 18.4. The Morgan fingerprint density at radius 2 is 1.42 bits per heavy atom. The summed E-state index contributed by atoms with van der Waals surface area (Å²) in [4.78, 5) is 18.1. The number of likely N-dealkylation sites (N-methyl/N-ethyl adjacent to an activating group) is 1. The molecule has 4 rings (SSSR count). The average Bonchev–Trinajstić information content (AvgIpc) is 2.79. The van der Waals surface area contributed by atoms with Gasteiger partial charge in [-0.05, 0) is 49.9 Å². The number of aromatic nitrogens is 2. The van der Waals surface area contributed by atoms with Gasteiger partial charge in [-0.25, -0.2) is 8.42 Å². The largest absolute Gasteiger partial charge is 0.353 e. The van der Waals surface area contributed by atoms with E-state index in [1.54, 1.807) is 25.1 Å². The van der Waals surface area contributed by atoms with Crippen LogP contribution in [0.3, 0.4) is 0 Å². The first-order chi connectivity index (χ1) is 15.7. The highest BCUT2D eigenvalue weighted by Crippen LogP contribution is 2.25. The fraction of sp³-hybridized carbons (Fsp3) is 0.500. The predicted octanol–water partition coefficient (Wildman–Crippen LogP) is 1.01. The molecule has 2 saturated heterocycles. The molecule has 2 fully saturated rings. The third-order valence-corrected chi connectivity index (χ3v) is 8.20. The van der Waals surface area contributed by atoms with E-state index in [1.165, 1.54) is 11.2 Å². The second kappa shape index (κ2) is 9.62. The molecule has 178 valence electrons. The maximum Gasteiger partial charge on any atom is 0.243 e. The van der Waals surface area contributed by atoms with E-state index >= 15 is 0 Å². The predicted molar refractivity (Wildman–Crippen MR) is 128 cm³/mol. The molecular formula is C22H31N7O3S. The van der Waals surface area contributed by atoms with Gasteiger partial charge in [-0.15, -0.1) is 10.2 Å². The van der Waals surface area contributed by atoms with Gasteiger partial charge in [0.15, 0.2) is 11.6 Å². The molecule has 1 N–H and O–H groups in total. The molecule has 0 bridgehead atoms. The van der Waals surface area contributed by atoms with Crippen molar-refractivity contribution in [2.24, 2.45) is 0 Å². The maximum absolute atomic E-state index is 13.2. The van der Waals surface area contributed by atoms with Gasteiger partial charge in [0.2, 0.25) is 15.9 Å². The summed E-state index contributed by atoms with van der Waals surface area (Å²) in [5.41, 5.74) is 1.19. The first-order valence-corrected chi connectivity index (χ1v) is 12.6. The average molecular weight is 474 g/mol. The number of hydrogen-bond donors (Lipinski definition) is 1. The summed E-state index contributed by atoms with van der Waals surface area (Å²) in [6.07, 6.45) is 0. The molecule has 0 aliphatic carbocycles. The maximum atomic E-state index is 13.2. The highest BCUT2D eigenvalue weighted by molar-refractivity contribution is 7.89. The highest BCUT2D eigenvalue weighted by Gasteiger charge is 2.30. The Labute approximate surface area is 195 Å². The topological polar surface area (TPSA) is 102 Å². The van der Waals surface area contributed by atoms with E-state index in [0.29, 0.717) is 37.4 Å². The Balaban J connectivity index is 1.38. The highest BCUT2D eigenvalue weighted by atomic mass is 32.2. The van der Waals surface area contributed by atoms with Gasteiger partial charge in [-0.1, -0.05) is 0 Å². The van der Waals surface area contributed by atoms with Crippen molar-refractivity contribution >= 4 is 33.3 Å². The number of anilines is 3. The summed E-state index contributed by atoms with van der Waals surface area (Å²) >= 11 is 0. The lowest BCUT2D eigenvalue weighted by Gasteiger charge is -2.35. The van der Waals surface area contributed by atoms with Crippen LogP contribution in [0.4, 0.5) is 17.3 Å². The van der Waals surface area contributed by atoms with Gasteiger partial charge in [-0.2, -0.15) is 4.31 Å². The van der Waals surface area contributed by atoms with Crippen LogP contribution in [0.25, 0.3) is 0 Å². The minimum atomic E-state index is -3.62. The SMILES string of the molecule is CC(=O)Nc1ccc(S(=O)(=O)N2CCN(c3ccc(N4CCN(C)CC4)nn3)CC2)c(C)c1. The number of rotatable bonds is 5. The molecule has 10 nitrogen and oxygen atoms in total. The van der Waals surface area contributed by atoms with E-state index in [2.05, 4.69) is 37.3 Å². The molecule has 33 heavy (non-hydrogen) atoms. The van der Waals surface area contributed by atoms with Gasteiger partial charge in [0, 0.05) is 65.0 Å². The summed E-state index contributed by atoms with van der Waals surface area (Å²) in [6, 6.07) is 8.83. The van der Waals surface area contributed by atoms with E-state index in [0.717, 1.165) is 37.8 Å². The van der Waals surface area contributed by atoms with E-state index in [9.17, 15) is 13.2 Å². The number of aryl methyl sites for hydroxylation is 1. The number of carbonyl (C=O) groups excluding carboxylic acids is 1. The molecular weight excluding hydrogens is 442 g/mol. The third-order valence-electron chi connectivity index (χ3n) is 6.14. The van der Waals surface area contributed by atoms with Gasteiger partial charge in [0.1, 0.15) is 0 Å². The smallest absolute Gasteiger partial charge is 0.243 e. The van der Waals surface area contributed by atoms with Gasteiger partial charge in [-0.3, -0.25) is 4.79 Å². The molecule has 2 aliphatic heterocycles. The van der Waals surface area contributed by atoms with Crippen LogP contribution in [-0.2, 0) is 14.8 Å². The number of amides is 1. The van der Waals surface area contributed by atoms with Crippen molar-refractivity contribution in [1.29, 1.82) is 0 Å². The van der Waals surface area contributed by atoms with Crippen LogP contribution >= 0.6 is 0 Å². The van der Waals surface area contributed by atoms with Crippen LogP contribution in [0.15, 0.2) is 35.2 Å². The number of sulfonamides is 1. The summed E-state index contributed by atoms with van der Waals surface area (Å²) in [5, 5.41) is 11.5. The molecule has 0 atom stereocenters. The first kappa shape index (κ1) is 23.4.